The van der Waals surface area contributed by atoms with Crippen molar-refractivity contribution in [1.82, 2.24) is 19.8 Å². The fraction of sp³-hybridized carbons (Fsp3) is 0.100. The second-order valence-corrected chi connectivity index (χ2v) is 5.84. The van der Waals surface area contributed by atoms with E-state index in [1.54, 1.807) is 35.1 Å². The van der Waals surface area contributed by atoms with Gasteiger partial charge in [-0.05, 0) is 55.5 Å². The first kappa shape index (κ1) is 16.7. The molecule has 4 aromatic rings. The molecule has 4 rings (SSSR count). The van der Waals surface area contributed by atoms with Gasteiger partial charge in [0.1, 0.15) is 12.1 Å². The quantitative estimate of drug-likeness (QED) is 0.590. The normalized spacial score (nSPS) is 10.7. The van der Waals surface area contributed by atoms with Crippen molar-refractivity contribution >= 4 is 17.2 Å². The summed E-state index contributed by atoms with van der Waals surface area (Å²) >= 11 is 0. The molecule has 27 heavy (non-hydrogen) atoms. The van der Waals surface area contributed by atoms with Gasteiger partial charge in [-0.15, -0.1) is 10.2 Å². The number of hydrogen-bond acceptors (Lipinski definition) is 5. The Labute approximate surface area is 155 Å². The number of aromatic nitrogens is 4. The van der Waals surface area contributed by atoms with Crippen LogP contribution in [0.5, 0.6) is 5.75 Å². The molecule has 7 heteroatoms. The lowest BCUT2D eigenvalue weighted by Gasteiger charge is -2.08. The van der Waals surface area contributed by atoms with Gasteiger partial charge in [-0.3, -0.25) is 4.79 Å². The molecule has 1 N–H and O–H groups in total. The Bertz CT molecular complexity index is 1070. The molecular weight excluding hydrogens is 342 g/mol. The van der Waals surface area contributed by atoms with Gasteiger partial charge in [0.05, 0.1) is 12.3 Å². The number of hydrogen-bond donors (Lipinski definition) is 1. The molecule has 0 saturated carbocycles. The van der Waals surface area contributed by atoms with Gasteiger partial charge in [-0.2, -0.15) is 9.61 Å². The fourth-order valence-electron chi connectivity index (χ4n) is 2.68. The zero-order valence-corrected chi connectivity index (χ0v) is 14.7. The minimum absolute atomic E-state index is 0.171. The van der Waals surface area contributed by atoms with Crippen LogP contribution in [0.25, 0.3) is 16.9 Å². The summed E-state index contributed by atoms with van der Waals surface area (Å²) in [7, 11) is 0. The molecule has 0 aliphatic heterocycles. The van der Waals surface area contributed by atoms with E-state index in [2.05, 4.69) is 20.6 Å². The predicted octanol–water partition coefficient (Wildman–Crippen LogP) is 3.44. The highest BCUT2D eigenvalue weighted by atomic mass is 16.5. The SMILES string of the molecule is CCOc1ccc(C(=O)Nc2ccc(-c3ccc4nncn4n3)cc2)cc1. The average molecular weight is 359 g/mol. The Morgan fingerprint density at radius 3 is 2.56 bits per heavy atom. The van der Waals surface area contributed by atoms with Crippen molar-refractivity contribution in [2.24, 2.45) is 0 Å². The number of carbonyl (C=O) groups excluding carboxylic acids is 1. The van der Waals surface area contributed by atoms with Crippen LogP contribution in [0.3, 0.4) is 0 Å². The molecule has 0 fully saturated rings. The number of anilines is 1. The molecule has 0 saturated heterocycles. The highest BCUT2D eigenvalue weighted by molar-refractivity contribution is 6.04. The maximum absolute atomic E-state index is 12.4. The van der Waals surface area contributed by atoms with E-state index >= 15 is 0 Å². The van der Waals surface area contributed by atoms with Crippen LogP contribution in [0.4, 0.5) is 5.69 Å². The van der Waals surface area contributed by atoms with Crippen molar-refractivity contribution in [2.75, 3.05) is 11.9 Å². The zero-order chi connectivity index (χ0) is 18.6. The first-order valence-corrected chi connectivity index (χ1v) is 8.54. The Hall–Kier alpha value is -3.74. The Morgan fingerprint density at radius 1 is 1.04 bits per heavy atom. The molecule has 0 aliphatic carbocycles. The molecule has 0 spiro atoms. The van der Waals surface area contributed by atoms with Crippen LogP contribution >= 0.6 is 0 Å². The van der Waals surface area contributed by atoms with Gasteiger partial charge in [-0.25, -0.2) is 0 Å². The van der Waals surface area contributed by atoms with Crippen molar-refractivity contribution in [2.45, 2.75) is 6.92 Å². The minimum atomic E-state index is -0.171. The average Bonchev–Trinajstić information content (AvgIpc) is 3.17. The number of benzene rings is 2. The van der Waals surface area contributed by atoms with Gasteiger partial charge < -0.3 is 10.1 Å². The number of rotatable bonds is 5. The molecule has 2 aromatic carbocycles. The number of fused-ring (bicyclic) bond motifs is 1. The van der Waals surface area contributed by atoms with Crippen LogP contribution < -0.4 is 10.1 Å². The fourth-order valence-corrected chi connectivity index (χ4v) is 2.68. The Morgan fingerprint density at radius 2 is 1.81 bits per heavy atom. The number of nitrogens with one attached hydrogen (secondary N) is 1. The second kappa shape index (κ2) is 7.25. The number of amides is 1. The minimum Gasteiger partial charge on any atom is -0.494 e. The lowest BCUT2D eigenvalue weighted by molar-refractivity contribution is 0.102. The third kappa shape index (κ3) is 3.62. The molecule has 0 bridgehead atoms. The molecule has 0 unspecified atom stereocenters. The standard InChI is InChI=1S/C20H17N5O2/c1-2-27-17-9-5-15(6-10-17)20(26)22-16-7-3-14(4-8-16)18-11-12-19-23-21-13-25(19)24-18/h3-13H,2H2,1H3,(H,22,26). The monoisotopic (exact) mass is 359 g/mol. The molecule has 0 aliphatic rings. The van der Waals surface area contributed by atoms with E-state index in [4.69, 9.17) is 4.74 Å². The van der Waals surface area contributed by atoms with E-state index in [0.717, 1.165) is 17.0 Å². The molecule has 0 atom stereocenters. The summed E-state index contributed by atoms with van der Waals surface area (Å²) in [6.45, 7) is 2.52. The number of ether oxygens (including phenoxy) is 1. The van der Waals surface area contributed by atoms with Crippen LogP contribution in [0.1, 0.15) is 17.3 Å². The van der Waals surface area contributed by atoms with E-state index < -0.39 is 0 Å². The molecule has 134 valence electrons. The molecule has 1 amide bonds. The smallest absolute Gasteiger partial charge is 0.255 e. The molecule has 2 aromatic heterocycles. The third-order valence-electron chi connectivity index (χ3n) is 4.03. The van der Waals surface area contributed by atoms with E-state index in [0.29, 0.717) is 23.5 Å². The van der Waals surface area contributed by atoms with Crippen molar-refractivity contribution < 1.29 is 9.53 Å². The summed E-state index contributed by atoms with van der Waals surface area (Å²) in [5.74, 6) is 0.575. The summed E-state index contributed by atoms with van der Waals surface area (Å²) in [6, 6.07) is 18.3. The Kier molecular flexibility index (Phi) is 4.49. The molecule has 0 radical (unpaired) electrons. The second-order valence-electron chi connectivity index (χ2n) is 5.84. The summed E-state index contributed by atoms with van der Waals surface area (Å²) in [5, 5.41) is 15.1. The summed E-state index contributed by atoms with van der Waals surface area (Å²) in [6.07, 6.45) is 1.56. The summed E-state index contributed by atoms with van der Waals surface area (Å²) < 4.78 is 7.01. The first-order valence-electron chi connectivity index (χ1n) is 8.54. The van der Waals surface area contributed by atoms with Crippen molar-refractivity contribution in [3.63, 3.8) is 0 Å². The van der Waals surface area contributed by atoms with E-state index in [-0.39, 0.29) is 5.91 Å². The summed E-state index contributed by atoms with van der Waals surface area (Å²) in [4.78, 5) is 12.4. The van der Waals surface area contributed by atoms with Crippen LogP contribution in [0.2, 0.25) is 0 Å². The first-order chi connectivity index (χ1) is 13.2. The maximum Gasteiger partial charge on any atom is 0.255 e. The highest BCUT2D eigenvalue weighted by Gasteiger charge is 2.07. The lowest BCUT2D eigenvalue weighted by atomic mass is 10.1. The van der Waals surface area contributed by atoms with Crippen LogP contribution in [0.15, 0.2) is 67.0 Å². The van der Waals surface area contributed by atoms with Crippen LogP contribution in [-0.4, -0.2) is 32.3 Å². The molecular formula is C20H17N5O2. The van der Waals surface area contributed by atoms with Crippen LogP contribution in [0, 0.1) is 0 Å². The van der Waals surface area contributed by atoms with Crippen molar-refractivity contribution in [3.8, 4) is 17.0 Å². The summed E-state index contributed by atoms with van der Waals surface area (Å²) in [5.41, 5.74) is 3.71. The largest absolute Gasteiger partial charge is 0.494 e. The maximum atomic E-state index is 12.4. The highest BCUT2D eigenvalue weighted by Crippen LogP contribution is 2.20. The van der Waals surface area contributed by atoms with Gasteiger partial charge in [0.2, 0.25) is 0 Å². The van der Waals surface area contributed by atoms with Crippen molar-refractivity contribution in [3.05, 3.63) is 72.6 Å². The van der Waals surface area contributed by atoms with Gasteiger partial charge in [0.15, 0.2) is 5.65 Å². The van der Waals surface area contributed by atoms with E-state index in [1.165, 1.54) is 0 Å². The third-order valence-corrected chi connectivity index (χ3v) is 4.03. The molecule has 7 nitrogen and oxygen atoms in total. The van der Waals surface area contributed by atoms with Gasteiger partial charge in [0, 0.05) is 16.8 Å². The van der Waals surface area contributed by atoms with Gasteiger partial charge in [0.25, 0.3) is 5.91 Å². The van der Waals surface area contributed by atoms with Gasteiger partial charge in [-0.1, -0.05) is 12.1 Å². The predicted molar refractivity (Wildman–Crippen MR) is 102 cm³/mol. The number of nitrogens with zero attached hydrogens (tertiary/aromatic N) is 4. The van der Waals surface area contributed by atoms with Crippen molar-refractivity contribution in [1.29, 1.82) is 0 Å². The van der Waals surface area contributed by atoms with E-state index in [9.17, 15) is 4.79 Å². The Balaban J connectivity index is 1.47. The van der Waals surface area contributed by atoms with Crippen LogP contribution in [-0.2, 0) is 0 Å². The molecule has 2 heterocycles. The zero-order valence-electron chi connectivity index (χ0n) is 14.7. The van der Waals surface area contributed by atoms with E-state index in [1.807, 2.05) is 43.3 Å². The number of carbonyl (C=O) groups is 1. The topological polar surface area (TPSA) is 81.4 Å². The van der Waals surface area contributed by atoms with Gasteiger partial charge >= 0.3 is 0 Å². The lowest BCUT2D eigenvalue weighted by Crippen LogP contribution is -2.11.